The zero-order chi connectivity index (χ0) is 13.0. The van der Waals surface area contributed by atoms with Crippen molar-refractivity contribution < 1.29 is 24.0 Å². The van der Waals surface area contributed by atoms with Crippen molar-refractivity contribution in [3.05, 3.63) is 28.3 Å². The number of carbonyl (C=O) groups excluding carboxylic acids is 2. The van der Waals surface area contributed by atoms with Crippen LogP contribution in [0.5, 0.6) is 11.5 Å². The van der Waals surface area contributed by atoms with Crippen molar-refractivity contribution in [3.63, 3.8) is 0 Å². The third-order valence-corrected chi connectivity index (χ3v) is 1.67. The number of hydrogen-bond donors (Lipinski definition) is 0. The van der Waals surface area contributed by atoms with Crippen molar-refractivity contribution in [2.24, 2.45) is 0 Å². The molecule has 0 unspecified atom stereocenters. The maximum absolute atomic E-state index is 10.6. The summed E-state index contributed by atoms with van der Waals surface area (Å²) in [6.45, 7) is 0. The minimum Gasteiger partial charge on any atom is -0.414 e. The minimum atomic E-state index is -1.26. The van der Waals surface area contributed by atoms with Gasteiger partial charge in [0.15, 0.2) is 0 Å². The topological polar surface area (TPSA) is 95.7 Å². The Hall–Kier alpha value is -1.86. The van der Waals surface area contributed by atoms with E-state index < -0.39 is 27.2 Å². The molecule has 0 aromatic heterocycles. The van der Waals surface area contributed by atoms with E-state index >= 15 is 0 Å². The summed E-state index contributed by atoms with van der Waals surface area (Å²) < 4.78 is 8.82. The third kappa shape index (κ3) is 3.89. The molecule has 0 saturated heterocycles. The van der Waals surface area contributed by atoms with Crippen LogP contribution in [0, 0.1) is 10.1 Å². The van der Waals surface area contributed by atoms with Crippen LogP contribution in [0.3, 0.4) is 0 Å². The van der Waals surface area contributed by atoms with E-state index in [4.69, 9.17) is 23.2 Å². The summed E-state index contributed by atoms with van der Waals surface area (Å²) >= 11 is 9.87. The molecule has 1 rings (SSSR count). The van der Waals surface area contributed by atoms with Crippen LogP contribution in [-0.4, -0.2) is 15.8 Å². The number of nitro benzene ring substituents is 1. The molecule has 17 heavy (non-hydrogen) atoms. The Bertz CT molecular complexity index is 489. The molecule has 0 amide bonds. The summed E-state index contributed by atoms with van der Waals surface area (Å²) in [5, 5.41) is 10.6. The molecule has 9 heteroatoms. The van der Waals surface area contributed by atoms with Crippen molar-refractivity contribution in [2.45, 2.75) is 0 Å². The van der Waals surface area contributed by atoms with Crippen molar-refractivity contribution in [2.75, 3.05) is 0 Å². The summed E-state index contributed by atoms with van der Waals surface area (Å²) in [5.41, 5.74) is -2.90. The fraction of sp³-hybridized carbons (Fsp3) is 0. The van der Waals surface area contributed by atoms with Crippen LogP contribution in [0.2, 0.25) is 0 Å². The number of benzene rings is 1. The Morgan fingerprint density at radius 2 is 1.76 bits per heavy atom. The zero-order valence-corrected chi connectivity index (χ0v) is 9.40. The molecule has 0 bridgehead atoms. The van der Waals surface area contributed by atoms with E-state index in [-0.39, 0.29) is 5.75 Å². The summed E-state index contributed by atoms with van der Waals surface area (Å²) in [7, 11) is 0. The first kappa shape index (κ1) is 13.2. The molecule has 1 aromatic rings. The van der Waals surface area contributed by atoms with Gasteiger partial charge in [0.25, 0.3) is 0 Å². The first-order valence-electron chi connectivity index (χ1n) is 3.93. The normalized spacial score (nSPS) is 9.53. The molecule has 0 spiro atoms. The molecule has 0 atom stereocenters. The second kappa shape index (κ2) is 5.46. The number of halogens is 2. The SMILES string of the molecule is O=C(Cl)Oc1ccc([N+](=O)[O-])c(OC(=O)Cl)c1. The van der Waals surface area contributed by atoms with Crippen molar-refractivity contribution in [1.82, 2.24) is 0 Å². The van der Waals surface area contributed by atoms with E-state index in [1.165, 1.54) is 0 Å². The van der Waals surface area contributed by atoms with Gasteiger partial charge in [-0.25, -0.2) is 9.59 Å². The Labute approximate surface area is 104 Å². The number of nitrogens with zero attached hydrogens (tertiary/aromatic N) is 1. The highest BCUT2D eigenvalue weighted by molar-refractivity contribution is 6.61. The average molecular weight is 280 g/mol. The van der Waals surface area contributed by atoms with Crippen LogP contribution in [0.15, 0.2) is 18.2 Å². The van der Waals surface area contributed by atoms with Gasteiger partial charge in [-0.2, -0.15) is 0 Å². The Morgan fingerprint density at radius 1 is 1.18 bits per heavy atom. The van der Waals surface area contributed by atoms with Crippen molar-refractivity contribution in [1.29, 1.82) is 0 Å². The first-order valence-corrected chi connectivity index (χ1v) is 4.69. The number of hydrogen-bond acceptors (Lipinski definition) is 6. The lowest BCUT2D eigenvalue weighted by molar-refractivity contribution is -0.385. The molecule has 7 nitrogen and oxygen atoms in total. The van der Waals surface area contributed by atoms with Crippen LogP contribution in [0.4, 0.5) is 15.3 Å². The van der Waals surface area contributed by atoms with Crippen LogP contribution >= 0.6 is 23.2 Å². The lowest BCUT2D eigenvalue weighted by atomic mass is 10.3. The van der Waals surface area contributed by atoms with Gasteiger partial charge in [0.2, 0.25) is 5.75 Å². The van der Waals surface area contributed by atoms with Gasteiger partial charge in [-0.1, -0.05) is 0 Å². The van der Waals surface area contributed by atoms with Crippen molar-refractivity contribution >= 4 is 39.7 Å². The summed E-state index contributed by atoms with van der Waals surface area (Å²) in [5.74, 6) is -0.575. The van der Waals surface area contributed by atoms with Crippen LogP contribution < -0.4 is 9.47 Å². The predicted octanol–water partition coefficient (Wildman–Crippen LogP) is 3.07. The summed E-state index contributed by atoms with van der Waals surface area (Å²) in [6.07, 6.45) is 0. The largest absolute Gasteiger partial charge is 0.414 e. The van der Waals surface area contributed by atoms with Gasteiger partial charge in [-0.3, -0.25) is 10.1 Å². The van der Waals surface area contributed by atoms with Gasteiger partial charge in [0.1, 0.15) is 5.75 Å². The monoisotopic (exact) mass is 279 g/mol. The van der Waals surface area contributed by atoms with Gasteiger partial charge < -0.3 is 9.47 Å². The second-order valence-electron chi connectivity index (χ2n) is 2.57. The molecule has 0 aliphatic rings. The third-order valence-electron chi connectivity index (χ3n) is 1.52. The number of nitro groups is 1. The lowest BCUT2D eigenvalue weighted by Gasteiger charge is -2.04. The Morgan fingerprint density at radius 3 is 2.24 bits per heavy atom. The second-order valence-corrected chi connectivity index (χ2v) is 3.18. The fourth-order valence-corrected chi connectivity index (χ4v) is 1.14. The highest BCUT2D eigenvalue weighted by Gasteiger charge is 2.19. The molecule has 0 fully saturated rings. The fourth-order valence-electron chi connectivity index (χ4n) is 0.970. The molecular weight excluding hydrogens is 277 g/mol. The molecule has 0 N–H and O–H groups in total. The summed E-state index contributed by atoms with van der Waals surface area (Å²) in [6, 6.07) is 3.03. The molecule has 90 valence electrons. The van der Waals surface area contributed by atoms with Crippen LogP contribution in [0.1, 0.15) is 0 Å². The Kier molecular flexibility index (Phi) is 4.24. The smallest absolute Gasteiger partial charge is 0.409 e. The Balaban J connectivity index is 3.13. The predicted molar refractivity (Wildman–Crippen MR) is 56.9 cm³/mol. The van der Waals surface area contributed by atoms with Crippen molar-refractivity contribution in [3.8, 4) is 11.5 Å². The molecule has 0 heterocycles. The van der Waals surface area contributed by atoms with E-state index in [9.17, 15) is 19.7 Å². The maximum Gasteiger partial charge on any atom is 0.409 e. The van der Waals surface area contributed by atoms with Crippen LogP contribution in [-0.2, 0) is 0 Å². The minimum absolute atomic E-state index is 0.122. The van der Waals surface area contributed by atoms with Gasteiger partial charge >= 0.3 is 16.5 Å². The number of carbonyl (C=O) groups is 2. The van der Waals surface area contributed by atoms with E-state index in [1.54, 1.807) is 0 Å². The number of ether oxygens (including phenoxy) is 2. The highest BCUT2D eigenvalue weighted by Crippen LogP contribution is 2.31. The lowest BCUT2D eigenvalue weighted by Crippen LogP contribution is -2.02. The number of rotatable bonds is 3. The standard InChI is InChI=1S/C8H3Cl2NO6/c9-7(12)16-4-1-2-5(11(14)15)6(3-4)17-8(10)13/h1-3H. The summed E-state index contributed by atoms with van der Waals surface area (Å²) in [4.78, 5) is 30.7. The van der Waals surface area contributed by atoms with E-state index in [0.717, 1.165) is 18.2 Å². The van der Waals surface area contributed by atoms with E-state index in [0.29, 0.717) is 0 Å². The molecule has 0 aliphatic heterocycles. The molecular formula is C8H3Cl2NO6. The quantitative estimate of drug-likeness (QED) is 0.479. The molecule has 0 saturated carbocycles. The van der Waals surface area contributed by atoms with Gasteiger partial charge in [0.05, 0.1) is 4.92 Å². The average Bonchev–Trinajstić information content (AvgIpc) is 2.15. The molecule has 1 aromatic carbocycles. The van der Waals surface area contributed by atoms with Gasteiger partial charge in [-0.05, 0) is 6.07 Å². The van der Waals surface area contributed by atoms with E-state index in [1.807, 2.05) is 0 Å². The van der Waals surface area contributed by atoms with Crippen LogP contribution in [0.25, 0.3) is 0 Å². The zero-order valence-electron chi connectivity index (χ0n) is 7.88. The van der Waals surface area contributed by atoms with Gasteiger partial charge in [0, 0.05) is 35.3 Å². The molecule has 0 radical (unpaired) electrons. The first-order chi connectivity index (χ1) is 7.90. The maximum atomic E-state index is 10.6. The van der Waals surface area contributed by atoms with E-state index in [2.05, 4.69) is 9.47 Å². The molecule has 0 aliphatic carbocycles. The highest BCUT2D eigenvalue weighted by atomic mass is 35.5. The van der Waals surface area contributed by atoms with Gasteiger partial charge in [-0.15, -0.1) is 0 Å².